The van der Waals surface area contributed by atoms with Crippen LogP contribution in [-0.2, 0) is 12.4 Å². The van der Waals surface area contributed by atoms with Gasteiger partial charge >= 0.3 is 12.4 Å². The summed E-state index contributed by atoms with van der Waals surface area (Å²) in [6.07, 6.45) is -6.69. The first-order valence-corrected chi connectivity index (χ1v) is 7.93. The molecule has 0 fully saturated rings. The molecular weight excluding hydrogens is 380 g/mol. The van der Waals surface area contributed by atoms with E-state index in [0.717, 1.165) is 11.3 Å². The molecule has 10 heteroatoms. The molecule has 2 aromatic heterocycles. The topological polar surface area (TPSA) is 37.8 Å². The summed E-state index contributed by atoms with van der Waals surface area (Å²) >= 11 is 1.05. The quantitative estimate of drug-likeness (QED) is 0.560. The maximum Gasteiger partial charge on any atom is 0.416 e. The van der Waals surface area contributed by atoms with E-state index in [1.54, 1.807) is 29.9 Å². The Hall–Kier alpha value is -2.62. The van der Waals surface area contributed by atoms with E-state index in [9.17, 15) is 26.3 Å². The number of aromatic nitrogens is 2. The Morgan fingerprint density at radius 2 is 1.58 bits per heavy atom. The van der Waals surface area contributed by atoms with Crippen molar-refractivity contribution in [1.82, 2.24) is 9.97 Å². The van der Waals surface area contributed by atoms with Crippen LogP contribution >= 0.6 is 11.3 Å². The molecule has 3 aromatic rings. The number of rotatable bonds is 3. The van der Waals surface area contributed by atoms with E-state index in [1.165, 1.54) is 0 Å². The Morgan fingerprint density at radius 3 is 2.12 bits per heavy atom. The lowest BCUT2D eigenvalue weighted by atomic mass is 10.1. The zero-order valence-electron chi connectivity index (χ0n) is 12.7. The molecule has 3 nitrogen and oxygen atoms in total. The van der Waals surface area contributed by atoms with Gasteiger partial charge in [0.25, 0.3) is 0 Å². The molecule has 26 heavy (non-hydrogen) atoms. The van der Waals surface area contributed by atoms with E-state index < -0.39 is 23.5 Å². The Labute approximate surface area is 147 Å². The van der Waals surface area contributed by atoms with Crippen molar-refractivity contribution in [3.8, 4) is 11.3 Å². The average molecular weight is 389 g/mol. The normalized spacial score (nSPS) is 12.2. The number of hydrogen-bond acceptors (Lipinski definition) is 4. The van der Waals surface area contributed by atoms with E-state index in [4.69, 9.17) is 0 Å². The minimum absolute atomic E-state index is 0.0775. The molecule has 0 saturated carbocycles. The van der Waals surface area contributed by atoms with Gasteiger partial charge in [-0.15, -0.1) is 11.3 Å². The van der Waals surface area contributed by atoms with E-state index in [0.29, 0.717) is 23.4 Å². The average Bonchev–Trinajstić information content (AvgIpc) is 3.02. The van der Waals surface area contributed by atoms with Gasteiger partial charge in [-0.3, -0.25) is 4.98 Å². The van der Waals surface area contributed by atoms with Gasteiger partial charge in [-0.25, -0.2) is 4.98 Å². The van der Waals surface area contributed by atoms with E-state index >= 15 is 0 Å². The van der Waals surface area contributed by atoms with Crippen LogP contribution in [0.5, 0.6) is 0 Å². The summed E-state index contributed by atoms with van der Waals surface area (Å²) in [7, 11) is 0. The second-order valence-corrected chi connectivity index (χ2v) is 6.06. The number of pyridine rings is 1. The summed E-state index contributed by atoms with van der Waals surface area (Å²) in [5, 5.41) is 4.29. The number of anilines is 2. The fraction of sp³-hybridized carbons (Fsp3) is 0.125. The molecule has 0 amide bonds. The van der Waals surface area contributed by atoms with Crippen molar-refractivity contribution in [1.29, 1.82) is 0 Å². The van der Waals surface area contributed by atoms with Crippen molar-refractivity contribution in [2.45, 2.75) is 12.4 Å². The highest BCUT2D eigenvalue weighted by molar-refractivity contribution is 7.14. The molecule has 0 unspecified atom stereocenters. The maximum atomic E-state index is 12.9. The van der Waals surface area contributed by atoms with Gasteiger partial charge in [-0.1, -0.05) is 0 Å². The molecule has 0 aliphatic heterocycles. The predicted octanol–water partition coefficient (Wildman–Crippen LogP) is 5.99. The molecule has 1 aromatic carbocycles. The first-order valence-electron chi connectivity index (χ1n) is 7.05. The first-order chi connectivity index (χ1) is 12.1. The molecule has 1 N–H and O–H groups in total. The first kappa shape index (κ1) is 18.2. The molecule has 0 saturated heterocycles. The number of thiazole rings is 1. The summed E-state index contributed by atoms with van der Waals surface area (Å²) in [6, 6.07) is 4.72. The molecular formula is C16H9F6N3S. The highest BCUT2D eigenvalue weighted by Gasteiger charge is 2.37. The van der Waals surface area contributed by atoms with Crippen LogP contribution in [0.25, 0.3) is 11.3 Å². The standard InChI is InChI=1S/C16H9F6N3S/c17-15(18,19)10-4-11(16(20,21)22)6-12(5-10)24-14-25-13(8-26-14)9-2-1-3-23-7-9/h1-8H,(H,24,25). The van der Waals surface area contributed by atoms with Crippen LogP contribution in [-0.4, -0.2) is 9.97 Å². The van der Waals surface area contributed by atoms with Crippen LogP contribution in [0.2, 0.25) is 0 Å². The Morgan fingerprint density at radius 1 is 0.923 bits per heavy atom. The van der Waals surface area contributed by atoms with E-state index in [-0.39, 0.29) is 16.9 Å². The summed E-state index contributed by atoms with van der Waals surface area (Å²) < 4.78 is 77.3. The molecule has 0 aliphatic rings. The van der Waals surface area contributed by atoms with Crippen molar-refractivity contribution in [2.24, 2.45) is 0 Å². The van der Waals surface area contributed by atoms with Gasteiger partial charge in [-0.2, -0.15) is 26.3 Å². The van der Waals surface area contributed by atoms with Crippen LogP contribution in [0.15, 0.2) is 48.1 Å². The van der Waals surface area contributed by atoms with E-state index in [1.807, 2.05) is 0 Å². The van der Waals surface area contributed by atoms with Gasteiger partial charge in [0.05, 0.1) is 16.8 Å². The molecule has 0 atom stereocenters. The number of nitrogens with zero attached hydrogens (tertiary/aromatic N) is 2. The Bertz CT molecular complexity index is 870. The molecule has 2 heterocycles. The third-order valence-corrected chi connectivity index (χ3v) is 4.06. The molecule has 0 aliphatic carbocycles. The number of halogens is 6. The summed E-state index contributed by atoms with van der Waals surface area (Å²) in [6.45, 7) is 0. The second-order valence-electron chi connectivity index (χ2n) is 5.20. The lowest BCUT2D eigenvalue weighted by Crippen LogP contribution is -2.11. The van der Waals surface area contributed by atoms with Crippen LogP contribution in [0.1, 0.15) is 11.1 Å². The van der Waals surface area contributed by atoms with Gasteiger partial charge < -0.3 is 5.32 Å². The number of benzene rings is 1. The van der Waals surface area contributed by atoms with Crippen molar-refractivity contribution in [3.63, 3.8) is 0 Å². The Balaban J connectivity index is 1.93. The zero-order chi connectivity index (χ0) is 18.9. The highest BCUT2D eigenvalue weighted by atomic mass is 32.1. The van der Waals surface area contributed by atoms with Crippen LogP contribution in [0.3, 0.4) is 0 Å². The third kappa shape index (κ3) is 4.13. The fourth-order valence-corrected chi connectivity index (χ4v) is 2.87. The molecule has 0 radical (unpaired) electrons. The van der Waals surface area contributed by atoms with Gasteiger partial charge in [0.2, 0.25) is 0 Å². The van der Waals surface area contributed by atoms with Crippen LogP contribution < -0.4 is 5.32 Å². The van der Waals surface area contributed by atoms with E-state index in [2.05, 4.69) is 15.3 Å². The number of alkyl halides is 6. The van der Waals surface area contributed by atoms with Crippen molar-refractivity contribution in [3.05, 3.63) is 59.2 Å². The summed E-state index contributed by atoms with van der Waals surface area (Å²) in [5.74, 6) is 0. The number of nitrogens with one attached hydrogen (secondary N) is 1. The third-order valence-electron chi connectivity index (χ3n) is 3.30. The highest BCUT2D eigenvalue weighted by Crippen LogP contribution is 2.38. The van der Waals surface area contributed by atoms with Crippen molar-refractivity contribution >= 4 is 22.2 Å². The van der Waals surface area contributed by atoms with Crippen LogP contribution in [0.4, 0.5) is 37.2 Å². The maximum absolute atomic E-state index is 12.9. The minimum atomic E-state index is -4.90. The molecule has 0 bridgehead atoms. The smallest absolute Gasteiger partial charge is 0.332 e. The predicted molar refractivity (Wildman–Crippen MR) is 85.1 cm³/mol. The lowest BCUT2D eigenvalue weighted by molar-refractivity contribution is -0.143. The lowest BCUT2D eigenvalue weighted by Gasteiger charge is -2.14. The van der Waals surface area contributed by atoms with Gasteiger partial charge in [-0.05, 0) is 30.3 Å². The Kier molecular flexibility index (Phi) is 4.61. The monoisotopic (exact) mass is 389 g/mol. The molecule has 0 spiro atoms. The fourth-order valence-electron chi connectivity index (χ4n) is 2.13. The van der Waals surface area contributed by atoms with Gasteiger partial charge in [0, 0.05) is 29.0 Å². The van der Waals surface area contributed by atoms with Gasteiger partial charge in [0.1, 0.15) is 0 Å². The van der Waals surface area contributed by atoms with Crippen LogP contribution in [0, 0.1) is 0 Å². The largest absolute Gasteiger partial charge is 0.416 e. The number of hydrogen-bond donors (Lipinski definition) is 1. The molecule has 136 valence electrons. The SMILES string of the molecule is FC(F)(F)c1cc(Nc2nc(-c3cccnc3)cs2)cc(C(F)(F)F)c1. The summed E-state index contributed by atoms with van der Waals surface area (Å²) in [5.41, 5.74) is -1.94. The van der Waals surface area contributed by atoms with Crippen molar-refractivity contribution in [2.75, 3.05) is 5.32 Å². The van der Waals surface area contributed by atoms with Gasteiger partial charge in [0.15, 0.2) is 5.13 Å². The zero-order valence-corrected chi connectivity index (χ0v) is 13.5. The summed E-state index contributed by atoms with van der Waals surface area (Å²) in [4.78, 5) is 8.09. The van der Waals surface area contributed by atoms with Crippen molar-refractivity contribution < 1.29 is 26.3 Å². The molecule has 3 rings (SSSR count). The minimum Gasteiger partial charge on any atom is -0.332 e. The second kappa shape index (κ2) is 6.60.